The Balaban J connectivity index is 0.00000102. The monoisotopic (exact) mass is 373 g/mol. The summed E-state index contributed by atoms with van der Waals surface area (Å²) in [5.41, 5.74) is 7.12. The number of nitrogens with zero attached hydrogens (tertiary/aromatic N) is 4. The SMILES string of the molecule is CC.COc1cc2ncnc(N3CCN(C4(CN)CC4)CC3)c2cc1OC. The smallest absolute Gasteiger partial charge is 0.162 e. The van der Waals surface area contributed by atoms with Crippen molar-refractivity contribution in [2.45, 2.75) is 32.2 Å². The highest BCUT2D eigenvalue weighted by atomic mass is 16.5. The van der Waals surface area contributed by atoms with E-state index in [9.17, 15) is 0 Å². The molecule has 1 aliphatic heterocycles. The Kier molecular flexibility index (Phi) is 6.01. The van der Waals surface area contributed by atoms with Crippen LogP contribution in [0.3, 0.4) is 0 Å². The Labute approximate surface area is 161 Å². The molecular weight excluding hydrogens is 342 g/mol. The zero-order valence-corrected chi connectivity index (χ0v) is 16.9. The lowest BCUT2D eigenvalue weighted by molar-refractivity contribution is 0.171. The molecule has 0 atom stereocenters. The van der Waals surface area contributed by atoms with Crippen molar-refractivity contribution < 1.29 is 9.47 Å². The molecule has 0 amide bonds. The van der Waals surface area contributed by atoms with Gasteiger partial charge in [0.05, 0.1) is 19.7 Å². The molecule has 27 heavy (non-hydrogen) atoms. The Morgan fingerprint density at radius 2 is 1.63 bits per heavy atom. The summed E-state index contributed by atoms with van der Waals surface area (Å²) >= 11 is 0. The van der Waals surface area contributed by atoms with Gasteiger partial charge in [-0.3, -0.25) is 4.90 Å². The molecule has 2 fully saturated rings. The minimum Gasteiger partial charge on any atom is -0.493 e. The Morgan fingerprint density at radius 3 is 2.19 bits per heavy atom. The summed E-state index contributed by atoms with van der Waals surface area (Å²) < 4.78 is 10.8. The molecule has 2 aromatic rings. The summed E-state index contributed by atoms with van der Waals surface area (Å²) in [4.78, 5) is 13.8. The van der Waals surface area contributed by atoms with E-state index >= 15 is 0 Å². The molecule has 1 aromatic heterocycles. The van der Waals surface area contributed by atoms with Crippen LogP contribution >= 0.6 is 0 Å². The maximum absolute atomic E-state index is 5.98. The maximum atomic E-state index is 5.98. The number of rotatable bonds is 5. The molecule has 2 N–H and O–H groups in total. The van der Waals surface area contributed by atoms with E-state index in [2.05, 4.69) is 19.8 Å². The van der Waals surface area contributed by atoms with E-state index in [-0.39, 0.29) is 5.54 Å². The summed E-state index contributed by atoms with van der Waals surface area (Å²) in [5, 5.41) is 0.994. The van der Waals surface area contributed by atoms with Crippen LogP contribution in [0.2, 0.25) is 0 Å². The number of hydrogen-bond acceptors (Lipinski definition) is 7. The molecule has 1 aromatic carbocycles. The fourth-order valence-electron chi connectivity index (χ4n) is 3.81. The highest BCUT2D eigenvalue weighted by molar-refractivity contribution is 5.92. The number of hydrogen-bond donors (Lipinski definition) is 1. The standard InChI is InChI=1S/C18H25N5O2.C2H6/c1-24-15-9-13-14(10-16(15)25-2)20-12-21-17(13)22-5-7-23(8-6-22)18(11-19)3-4-18;1-2/h9-10,12H,3-8,11,19H2,1-2H3;1-2H3. The van der Waals surface area contributed by atoms with Crippen molar-refractivity contribution in [1.82, 2.24) is 14.9 Å². The van der Waals surface area contributed by atoms with Crippen LogP contribution in [-0.2, 0) is 0 Å². The second-order valence-corrected chi connectivity index (χ2v) is 6.82. The minimum atomic E-state index is 0.274. The fraction of sp³-hybridized carbons (Fsp3) is 0.600. The molecular formula is C20H31N5O2. The third-order valence-corrected chi connectivity index (χ3v) is 5.58. The van der Waals surface area contributed by atoms with Crippen LogP contribution in [0.4, 0.5) is 5.82 Å². The molecule has 148 valence electrons. The number of ether oxygens (including phenoxy) is 2. The van der Waals surface area contributed by atoms with Crippen LogP contribution in [0.25, 0.3) is 10.9 Å². The van der Waals surface area contributed by atoms with Gasteiger partial charge < -0.3 is 20.1 Å². The number of piperazine rings is 1. The minimum absolute atomic E-state index is 0.274. The molecule has 7 nitrogen and oxygen atoms in total. The number of anilines is 1. The Morgan fingerprint density at radius 1 is 1.00 bits per heavy atom. The summed E-state index contributed by atoms with van der Waals surface area (Å²) in [6, 6.07) is 3.88. The molecule has 7 heteroatoms. The fourth-order valence-corrected chi connectivity index (χ4v) is 3.81. The number of fused-ring (bicyclic) bond motifs is 1. The maximum Gasteiger partial charge on any atom is 0.162 e. The lowest BCUT2D eigenvalue weighted by Gasteiger charge is -2.40. The molecule has 2 heterocycles. The van der Waals surface area contributed by atoms with E-state index in [1.807, 2.05) is 26.0 Å². The van der Waals surface area contributed by atoms with E-state index < -0.39 is 0 Å². The second-order valence-electron chi connectivity index (χ2n) is 6.82. The molecule has 0 unspecified atom stereocenters. The predicted molar refractivity (Wildman–Crippen MR) is 109 cm³/mol. The van der Waals surface area contributed by atoms with E-state index in [0.29, 0.717) is 11.5 Å². The van der Waals surface area contributed by atoms with Crippen molar-refractivity contribution in [3.05, 3.63) is 18.5 Å². The first-order valence-corrected chi connectivity index (χ1v) is 9.77. The molecule has 2 aliphatic rings. The van der Waals surface area contributed by atoms with Gasteiger partial charge in [-0.2, -0.15) is 0 Å². The van der Waals surface area contributed by atoms with Crippen molar-refractivity contribution in [3.63, 3.8) is 0 Å². The number of benzene rings is 1. The summed E-state index contributed by atoms with van der Waals surface area (Å²) in [6.45, 7) is 8.71. The first-order valence-electron chi connectivity index (χ1n) is 9.77. The zero-order chi connectivity index (χ0) is 19.4. The largest absolute Gasteiger partial charge is 0.493 e. The van der Waals surface area contributed by atoms with Crippen molar-refractivity contribution in [2.75, 3.05) is 51.8 Å². The molecule has 4 rings (SSSR count). The van der Waals surface area contributed by atoms with Crippen molar-refractivity contribution >= 4 is 16.7 Å². The number of aromatic nitrogens is 2. The Hall–Kier alpha value is -2.12. The zero-order valence-electron chi connectivity index (χ0n) is 16.9. The summed E-state index contributed by atoms with van der Waals surface area (Å²) in [6.07, 6.45) is 4.09. The molecule has 0 bridgehead atoms. The van der Waals surface area contributed by atoms with Crippen molar-refractivity contribution in [3.8, 4) is 11.5 Å². The van der Waals surface area contributed by atoms with Crippen LogP contribution in [-0.4, -0.2) is 67.4 Å². The lowest BCUT2D eigenvalue weighted by atomic mass is 10.1. The molecule has 1 saturated heterocycles. The predicted octanol–water partition coefficient (Wildman–Crippen LogP) is 2.29. The highest BCUT2D eigenvalue weighted by Gasteiger charge is 2.47. The van der Waals surface area contributed by atoms with E-state index in [1.165, 1.54) is 12.8 Å². The molecule has 0 spiro atoms. The van der Waals surface area contributed by atoms with Gasteiger partial charge >= 0.3 is 0 Å². The van der Waals surface area contributed by atoms with Gasteiger partial charge in [-0.1, -0.05) is 13.8 Å². The normalized spacial score (nSPS) is 18.6. The average molecular weight is 374 g/mol. The first kappa shape index (κ1) is 19.6. The van der Waals surface area contributed by atoms with Gasteiger partial charge in [0.25, 0.3) is 0 Å². The topological polar surface area (TPSA) is 76.7 Å². The van der Waals surface area contributed by atoms with Gasteiger partial charge in [-0.05, 0) is 18.9 Å². The van der Waals surface area contributed by atoms with Crippen molar-refractivity contribution in [2.24, 2.45) is 5.73 Å². The summed E-state index contributed by atoms with van der Waals surface area (Å²) in [7, 11) is 3.28. The molecule has 0 radical (unpaired) electrons. The number of methoxy groups -OCH3 is 2. The van der Waals surface area contributed by atoms with Crippen molar-refractivity contribution in [1.29, 1.82) is 0 Å². The van der Waals surface area contributed by atoms with E-state index in [1.54, 1.807) is 20.5 Å². The van der Waals surface area contributed by atoms with Crippen LogP contribution < -0.4 is 20.1 Å². The van der Waals surface area contributed by atoms with Crippen LogP contribution in [0, 0.1) is 0 Å². The van der Waals surface area contributed by atoms with Crippen LogP contribution in [0.15, 0.2) is 18.5 Å². The van der Waals surface area contributed by atoms with Crippen LogP contribution in [0.1, 0.15) is 26.7 Å². The third-order valence-electron chi connectivity index (χ3n) is 5.58. The molecule has 1 saturated carbocycles. The van der Waals surface area contributed by atoms with Crippen LogP contribution in [0.5, 0.6) is 11.5 Å². The summed E-state index contributed by atoms with van der Waals surface area (Å²) in [5.74, 6) is 2.34. The Bertz CT molecular complexity index is 770. The van der Waals surface area contributed by atoms with Gasteiger partial charge in [0.2, 0.25) is 0 Å². The molecule has 1 aliphatic carbocycles. The first-order chi connectivity index (χ1) is 13.2. The average Bonchev–Trinajstić information content (AvgIpc) is 3.55. The lowest BCUT2D eigenvalue weighted by Crippen LogP contribution is -2.54. The van der Waals surface area contributed by atoms with Gasteiger partial charge in [-0.15, -0.1) is 0 Å². The third kappa shape index (κ3) is 3.66. The van der Waals surface area contributed by atoms with E-state index in [0.717, 1.165) is 49.4 Å². The van der Waals surface area contributed by atoms with Gasteiger partial charge in [0, 0.05) is 49.7 Å². The second kappa shape index (κ2) is 8.27. The number of nitrogens with two attached hydrogens (primary N) is 1. The van der Waals surface area contributed by atoms with E-state index in [4.69, 9.17) is 15.2 Å². The van der Waals surface area contributed by atoms with Gasteiger partial charge in [-0.25, -0.2) is 9.97 Å². The quantitative estimate of drug-likeness (QED) is 0.861. The van der Waals surface area contributed by atoms with Gasteiger partial charge in [0.1, 0.15) is 12.1 Å². The highest BCUT2D eigenvalue weighted by Crippen LogP contribution is 2.41. The van der Waals surface area contributed by atoms with Gasteiger partial charge in [0.15, 0.2) is 11.5 Å².